The van der Waals surface area contributed by atoms with Gasteiger partial charge < -0.3 is 14.4 Å². The molecule has 0 spiro atoms. The number of methoxy groups -OCH3 is 1. The fourth-order valence-corrected chi connectivity index (χ4v) is 5.08. The third kappa shape index (κ3) is 5.08. The van der Waals surface area contributed by atoms with Crippen LogP contribution in [0.4, 0.5) is 0 Å². The molecule has 0 radical (unpaired) electrons. The van der Waals surface area contributed by atoms with Gasteiger partial charge >= 0.3 is 0 Å². The molecule has 0 aliphatic carbocycles. The minimum atomic E-state index is -3.58. The van der Waals surface area contributed by atoms with Crippen molar-refractivity contribution in [2.75, 3.05) is 39.9 Å². The largest absolute Gasteiger partial charge is 0.496 e. The molecule has 2 aromatic carbocycles. The van der Waals surface area contributed by atoms with E-state index in [4.69, 9.17) is 9.47 Å². The van der Waals surface area contributed by atoms with Gasteiger partial charge in [-0.1, -0.05) is 6.07 Å². The van der Waals surface area contributed by atoms with E-state index in [1.807, 2.05) is 26.8 Å². The molecule has 1 heterocycles. The fourth-order valence-electron chi connectivity index (χ4n) is 3.57. The van der Waals surface area contributed by atoms with Crippen LogP contribution in [0.2, 0.25) is 0 Å². The molecule has 0 N–H and O–H groups in total. The molecule has 1 aliphatic heterocycles. The van der Waals surface area contributed by atoms with Crippen molar-refractivity contribution in [1.29, 1.82) is 0 Å². The Morgan fingerprint density at radius 1 is 1.00 bits per heavy atom. The van der Waals surface area contributed by atoms with Gasteiger partial charge in [0.15, 0.2) is 0 Å². The Morgan fingerprint density at radius 3 is 2.32 bits per heavy atom. The fraction of sp³-hybridized carbons (Fsp3) is 0.435. The predicted molar refractivity (Wildman–Crippen MR) is 119 cm³/mol. The zero-order chi connectivity index (χ0) is 22.6. The quantitative estimate of drug-likeness (QED) is 0.654. The lowest BCUT2D eigenvalue weighted by Crippen LogP contribution is -2.50. The van der Waals surface area contributed by atoms with Crippen molar-refractivity contribution in [2.45, 2.75) is 32.3 Å². The van der Waals surface area contributed by atoms with Gasteiger partial charge in [-0.15, -0.1) is 0 Å². The summed E-state index contributed by atoms with van der Waals surface area (Å²) in [7, 11) is -1.99. The third-order valence-electron chi connectivity index (χ3n) is 5.63. The number of nitrogens with zero attached hydrogens (tertiary/aromatic N) is 2. The normalized spacial score (nSPS) is 15.2. The van der Waals surface area contributed by atoms with E-state index in [0.717, 1.165) is 16.7 Å². The van der Waals surface area contributed by atoms with Crippen molar-refractivity contribution < 1.29 is 22.7 Å². The van der Waals surface area contributed by atoms with Crippen LogP contribution in [0.5, 0.6) is 5.75 Å². The van der Waals surface area contributed by atoms with Gasteiger partial charge in [0.25, 0.3) is 5.91 Å². The van der Waals surface area contributed by atoms with Gasteiger partial charge in [0, 0.05) is 43.9 Å². The van der Waals surface area contributed by atoms with E-state index >= 15 is 0 Å². The SMILES string of the molecule is CCOCc1cc(C(=O)N2CCN(S(=O)(=O)c3ccc(C)c(C)c3)CC2)ccc1OC. The van der Waals surface area contributed by atoms with Crippen LogP contribution < -0.4 is 4.74 Å². The smallest absolute Gasteiger partial charge is 0.253 e. The number of carbonyl (C=O) groups excluding carboxylic acids is 1. The minimum Gasteiger partial charge on any atom is -0.496 e. The molecule has 0 aromatic heterocycles. The number of sulfonamides is 1. The Hall–Kier alpha value is -2.42. The van der Waals surface area contributed by atoms with Crippen molar-refractivity contribution in [3.8, 4) is 5.75 Å². The Kier molecular flexibility index (Phi) is 7.35. The number of hydrogen-bond acceptors (Lipinski definition) is 5. The van der Waals surface area contributed by atoms with Crippen LogP contribution >= 0.6 is 0 Å². The van der Waals surface area contributed by atoms with Gasteiger partial charge in [0.1, 0.15) is 5.75 Å². The van der Waals surface area contributed by atoms with E-state index in [1.54, 1.807) is 42.3 Å². The average Bonchev–Trinajstić information content (AvgIpc) is 2.78. The van der Waals surface area contributed by atoms with Gasteiger partial charge in [0.2, 0.25) is 10.0 Å². The van der Waals surface area contributed by atoms with Gasteiger partial charge in [-0.05, 0) is 62.2 Å². The Bertz CT molecular complexity index is 1040. The number of piperazine rings is 1. The van der Waals surface area contributed by atoms with Crippen LogP contribution in [-0.4, -0.2) is 63.4 Å². The summed E-state index contributed by atoms with van der Waals surface area (Å²) < 4.78 is 38.3. The first-order valence-electron chi connectivity index (χ1n) is 10.4. The highest BCUT2D eigenvalue weighted by molar-refractivity contribution is 7.89. The Morgan fingerprint density at radius 2 is 1.71 bits per heavy atom. The lowest BCUT2D eigenvalue weighted by molar-refractivity contribution is 0.0697. The molecule has 31 heavy (non-hydrogen) atoms. The average molecular weight is 447 g/mol. The summed E-state index contributed by atoms with van der Waals surface area (Å²) in [6.45, 7) is 7.92. The van der Waals surface area contributed by atoms with Gasteiger partial charge in [0.05, 0.1) is 18.6 Å². The summed E-state index contributed by atoms with van der Waals surface area (Å²) in [5.74, 6) is 0.554. The van der Waals surface area contributed by atoms with Crippen LogP contribution in [0.1, 0.15) is 34.0 Å². The molecule has 7 nitrogen and oxygen atoms in total. The number of benzene rings is 2. The maximum absolute atomic E-state index is 13.0. The first kappa shape index (κ1) is 23.2. The van der Waals surface area contributed by atoms with Crippen molar-refractivity contribution in [1.82, 2.24) is 9.21 Å². The van der Waals surface area contributed by atoms with Crippen LogP contribution in [0, 0.1) is 13.8 Å². The van der Waals surface area contributed by atoms with Gasteiger partial charge in [-0.25, -0.2) is 8.42 Å². The van der Waals surface area contributed by atoms with Gasteiger partial charge in [-0.3, -0.25) is 4.79 Å². The van der Waals surface area contributed by atoms with Crippen molar-refractivity contribution in [3.63, 3.8) is 0 Å². The van der Waals surface area contributed by atoms with Crippen LogP contribution in [-0.2, 0) is 21.4 Å². The summed E-state index contributed by atoms with van der Waals surface area (Å²) in [5, 5.41) is 0. The van der Waals surface area contributed by atoms with Crippen LogP contribution in [0.3, 0.4) is 0 Å². The molecule has 1 fully saturated rings. The maximum atomic E-state index is 13.0. The summed E-state index contributed by atoms with van der Waals surface area (Å²) in [6, 6.07) is 10.5. The zero-order valence-corrected chi connectivity index (χ0v) is 19.4. The number of rotatable bonds is 7. The monoisotopic (exact) mass is 446 g/mol. The standard InChI is InChI=1S/C23H30N2O5S/c1-5-30-16-20-15-19(7-9-22(20)29-4)23(26)24-10-12-25(13-11-24)31(27,28)21-8-6-17(2)18(3)14-21/h6-9,14-15H,5,10-13,16H2,1-4H3. The van der Waals surface area contributed by atoms with E-state index in [9.17, 15) is 13.2 Å². The molecule has 8 heteroatoms. The first-order valence-corrected chi connectivity index (χ1v) is 11.8. The first-order chi connectivity index (χ1) is 14.8. The lowest BCUT2D eigenvalue weighted by Gasteiger charge is -2.34. The summed E-state index contributed by atoms with van der Waals surface area (Å²) >= 11 is 0. The molecule has 1 saturated heterocycles. The molecule has 0 atom stereocenters. The zero-order valence-electron chi connectivity index (χ0n) is 18.6. The number of carbonyl (C=O) groups is 1. The number of aryl methyl sites for hydroxylation is 2. The van der Waals surface area contributed by atoms with Crippen LogP contribution in [0.15, 0.2) is 41.3 Å². The molecule has 0 saturated carbocycles. The maximum Gasteiger partial charge on any atom is 0.253 e. The van der Waals surface area contributed by atoms with E-state index in [-0.39, 0.29) is 19.0 Å². The second-order valence-electron chi connectivity index (χ2n) is 7.61. The third-order valence-corrected chi connectivity index (χ3v) is 7.53. The second kappa shape index (κ2) is 9.80. The number of hydrogen-bond donors (Lipinski definition) is 0. The molecule has 168 valence electrons. The van der Waals surface area contributed by atoms with Gasteiger partial charge in [-0.2, -0.15) is 4.31 Å². The van der Waals surface area contributed by atoms with Crippen molar-refractivity contribution in [2.24, 2.45) is 0 Å². The minimum absolute atomic E-state index is 0.122. The lowest BCUT2D eigenvalue weighted by atomic mass is 10.1. The molecule has 0 unspecified atom stereocenters. The summed E-state index contributed by atoms with van der Waals surface area (Å²) in [4.78, 5) is 15.0. The van der Waals surface area contributed by atoms with Crippen molar-refractivity contribution >= 4 is 15.9 Å². The number of amides is 1. The van der Waals surface area contributed by atoms with Crippen LogP contribution in [0.25, 0.3) is 0 Å². The van der Waals surface area contributed by atoms with E-state index in [0.29, 0.717) is 42.5 Å². The predicted octanol–water partition coefficient (Wildman–Crippen LogP) is 3.00. The molecule has 0 bridgehead atoms. The molecule has 2 aromatic rings. The number of ether oxygens (including phenoxy) is 2. The van der Waals surface area contributed by atoms with E-state index in [1.165, 1.54) is 4.31 Å². The molecule has 1 aliphatic rings. The van der Waals surface area contributed by atoms with E-state index < -0.39 is 10.0 Å². The highest BCUT2D eigenvalue weighted by Gasteiger charge is 2.30. The van der Waals surface area contributed by atoms with Crippen molar-refractivity contribution in [3.05, 3.63) is 58.7 Å². The summed E-state index contributed by atoms with van der Waals surface area (Å²) in [6.07, 6.45) is 0. The second-order valence-corrected chi connectivity index (χ2v) is 9.54. The summed E-state index contributed by atoms with van der Waals surface area (Å²) in [5.41, 5.74) is 3.35. The molecular weight excluding hydrogens is 416 g/mol. The molecule has 1 amide bonds. The topological polar surface area (TPSA) is 76.2 Å². The Labute approximate surface area is 184 Å². The Balaban J connectivity index is 1.70. The van der Waals surface area contributed by atoms with E-state index in [2.05, 4.69) is 0 Å². The highest BCUT2D eigenvalue weighted by Crippen LogP contribution is 2.24. The molecule has 3 rings (SSSR count). The highest BCUT2D eigenvalue weighted by atomic mass is 32.2. The molecular formula is C23H30N2O5S.